The molecule has 0 aliphatic heterocycles. The third-order valence-corrected chi connectivity index (χ3v) is 2.94. The first-order chi connectivity index (χ1) is 10.8. The van der Waals surface area contributed by atoms with E-state index in [1.54, 1.807) is 6.07 Å². The van der Waals surface area contributed by atoms with Crippen LogP contribution < -0.4 is 5.32 Å². The van der Waals surface area contributed by atoms with E-state index in [0.29, 0.717) is 17.1 Å². The lowest BCUT2D eigenvalue weighted by atomic mass is 10.2. The minimum absolute atomic E-state index is 0.197. The van der Waals surface area contributed by atoms with Crippen molar-refractivity contribution in [3.63, 3.8) is 0 Å². The van der Waals surface area contributed by atoms with Gasteiger partial charge in [-0.1, -0.05) is 35.5 Å². The highest BCUT2D eigenvalue weighted by molar-refractivity contribution is 6.02. The maximum atomic E-state index is 12.0. The standard InChI is InChI=1S/C16H10N4O2/c17-9-11-6-7-13(18-10-11)16(21)19-15-8-14(22-20-15)12-4-2-1-3-5-12/h1-8,10H,(H,19,20,21). The number of nitriles is 1. The van der Waals surface area contributed by atoms with Crippen molar-refractivity contribution >= 4 is 11.7 Å². The van der Waals surface area contributed by atoms with E-state index in [0.717, 1.165) is 5.56 Å². The van der Waals surface area contributed by atoms with Gasteiger partial charge in [-0.25, -0.2) is 4.98 Å². The van der Waals surface area contributed by atoms with Gasteiger partial charge in [0.25, 0.3) is 5.91 Å². The number of pyridine rings is 1. The van der Waals surface area contributed by atoms with E-state index in [4.69, 9.17) is 9.78 Å². The molecule has 0 radical (unpaired) electrons. The van der Waals surface area contributed by atoms with Gasteiger partial charge in [0.2, 0.25) is 0 Å². The molecule has 0 saturated heterocycles. The maximum absolute atomic E-state index is 12.0. The van der Waals surface area contributed by atoms with E-state index in [1.165, 1.54) is 18.3 Å². The fraction of sp³-hybridized carbons (Fsp3) is 0. The Balaban J connectivity index is 1.74. The Kier molecular flexibility index (Phi) is 3.62. The number of anilines is 1. The predicted octanol–water partition coefficient (Wildman–Crippen LogP) is 2.86. The molecular formula is C16H10N4O2. The van der Waals surface area contributed by atoms with Crippen LogP contribution in [0, 0.1) is 11.3 Å². The van der Waals surface area contributed by atoms with Crippen LogP contribution in [0.15, 0.2) is 59.3 Å². The lowest BCUT2D eigenvalue weighted by Crippen LogP contribution is -2.13. The van der Waals surface area contributed by atoms with E-state index in [9.17, 15) is 4.79 Å². The van der Waals surface area contributed by atoms with E-state index in [1.807, 2.05) is 36.4 Å². The van der Waals surface area contributed by atoms with Crippen LogP contribution in [0.2, 0.25) is 0 Å². The molecule has 22 heavy (non-hydrogen) atoms. The van der Waals surface area contributed by atoms with Crippen LogP contribution >= 0.6 is 0 Å². The minimum atomic E-state index is -0.419. The lowest BCUT2D eigenvalue weighted by molar-refractivity contribution is 0.102. The van der Waals surface area contributed by atoms with Crippen LogP contribution in [-0.4, -0.2) is 16.0 Å². The Labute approximate surface area is 126 Å². The zero-order chi connectivity index (χ0) is 15.4. The Morgan fingerprint density at radius 2 is 2.00 bits per heavy atom. The molecule has 3 aromatic rings. The summed E-state index contributed by atoms with van der Waals surface area (Å²) in [5.41, 5.74) is 1.46. The molecule has 2 heterocycles. The Hall–Kier alpha value is -3.46. The quantitative estimate of drug-likeness (QED) is 0.800. The summed E-state index contributed by atoms with van der Waals surface area (Å²) >= 11 is 0. The summed E-state index contributed by atoms with van der Waals surface area (Å²) in [5, 5.41) is 15.1. The number of benzene rings is 1. The van der Waals surface area contributed by atoms with Crippen molar-refractivity contribution in [2.45, 2.75) is 0 Å². The van der Waals surface area contributed by atoms with E-state index in [-0.39, 0.29) is 5.69 Å². The first-order valence-corrected chi connectivity index (χ1v) is 6.46. The molecule has 0 atom stereocenters. The number of hydrogen-bond acceptors (Lipinski definition) is 5. The van der Waals surface area contributed by atoms with Crippen molar-refractivity contribution in [2.24, 2.45) is 0 Å². The van der Waals surface area contributed by atoms with Gasteiger partial charge in [-0.3, -0.25) is 4.79 Å². The largest absolute Gasteiger partial charge is 0.354 e. The summed E-state index contributed by atoms with van der Waals surface area (Å²) in [6, 6.07) is 16.0. The topological polar surface area (TPSA) is 91.8 Å². The van der Waals surface area contributed by atoms with E-state index >= 15 is 0 Å². The van der Waals surface area contributed by atoms with E-state index in [2.05, 4.69) is 15.5 Å². The summed E-state index contributed by atoms with van der Waals surface area (Å²) in [4.78, 5) is 15.9. The summed E-state index contributed by atoms with van der Waals surface area (Å²) < 4.78 is 5.20. The number of carbonyl (C=O) groups excluding carboxylic acids is 1. The highest BCUT2D eigenvalue weighted by Gasteiger charge is 2.12. The molecule has 0 aliphatic rings. The van der Waals surface area contributed by atoms with Crippen molar-refractivity contribution in [1.82, 2.24) is 10.1 Å². The fourth-order valence-corrected chi connectivity index (χ4v) is 1.85. The summed E-state index contributed by atoms with van der Waals surface area (Å²) in [7, 11) is 0. The number of amides is 1. The molecule has 0 bridgehead atoms. The zero-order valence-corrected chi connectivity index (χ0v) is 11.4. The molecule has 0 spiro atoms. The Morgan fingerprint density at radius 1 is 1.18 bits per heavy atom. The third kappa shape index (κ3) is 2.83. The van der Waals surface area contributed by atoms with Crippen molar-refractivity contribution in [3.05, 3.63) is 66.0 Å². The molecule has 6 nitrogen and oxygen atoms in total. The monoisotopic (exact) mass is 290 g/mol. The van der Waals surface area contributed by atoms with Crippen molar-refractivity contribution < 1.29 is 9.32 Å². The summed E-state index contributed by atoms with van der Waals surface area (Å²) in [5.74, 6) is 0.441. The summed E-state index contributed by atoms with van der Waals surface area (Å²) in [6.45, 7) is 0. The van der Waals surface area contributed by atoms with Gasteiger partial charge in [0, 0.05) is 17.8 Å². The second kappa shape index (κ2) is 5.89. The SMILES string of the molecule is N#Cc1ccc(C(=O)Nc2cc(-c3ccccc3)on2)nc1. The van der Waals surface area contributed by atoms with E-state index < -0.39 is 5.91 Å². The van der Waals surface area contributed by atoms with Crippen molar-refractivity contribution in [3.8, 4) is 17.4 Å². The normalized spacial score (nSPS) is 9.95. The fourth-order valence-electron chi connectivity index (χ4n) is 1.85. The molecule has 2 aromatic heterocycles. The van der Waals surface area contributed by atoms with Gasteiger partial charge in [-0.05, 0) is 12.1 Å². The number of rotatable bonds is 3. The molecule has 3 rings (SSSR count). The van der Waals surface area contributed by atoms with Gasteiger partial charge in [-0.2, -0.15) is 5.26 Å². The van der Waals surface area contributed by atoms with Gasteiger partial charge >= 0.3 is 0 Å². The molecular weight excluding hydrogens is 280 g/mol. The number of aromatic nitrogens is 2. The molecule has 1 N–H and O–H groups in total. The molecule has 1 amide bonds. The average molecular weight is 290 g/mol. The van der Waals surface area contributed by atoms with Crippen LogP contribution in [0.1, 0.15) is 16.1 Å². The first kappa shape index (κ1) is 13.5. The average Bonchev–Trinajstić information content (AvgIpc) is 3.04. The smallest absolute Gasteiger partial charge is 0.275 e. The number of carbonyl (C=O) groups is 1. The maximum Gasteiger partial charge on any atom is 0.275 e. The Morgan fingerprint density at radius 3 is 2.68 bits per heavy atom. The summed E-state index contributed by atoms with van der Waals surface area (Å²) in [6.07, 6.45) is 1.34. The minimum Gasteiger partial charge on any atom is -0.354 e. The molecule has 0 fully saturated rings. The van der Waals surface area contributed by atoms with Crippen LogP contribution in [0.4, 0.5) is 5.82 Å². The van der Waals surface area contributed by atoms with Gasteiger partial charge in [0.1, 0.15) is 11.8 Å². The molecule has 0 unspecified atom stereocenters. The second-order valence-electron chi connectivity index (χ2n) is 4.44. The molecule has 1 aromatic carbocycles. The molecule has 106 valence electrons. The van der Waals surface area contributed by atoms with Crippen LogP contribution in [0.5, 0.6) is 0 Å². The van der Waals surface area contributed by atoms with Gasteiger partial charge < -0.3 is 9.84 Å². The van der Waals surface area contributed by atoms with Crippen molar-refractivity contribution in [2.75, 3.05) is 5.32 Å². The second-order valence-corrected chi connectivity index (χ2v) is 4.44. The van der Waals surface area contributed by atoms with Crippen LogP contribution in [0.25, 0.3) is 11.3 Å². The molecule has 0 saturated carbocycles. The first-order valence-electron chi connectivity index (χ1n) is 6.46. The Bertz CT molecular complexity index is 833. The zero-order valence-electron chi connectivity index (χ0n) is 11.4. The third-order valence-electron chi connectivity index (χ3n) is 2.94. The van der Waals surface area contributed by atoms with Crippen molar-refractivity contribution in [1.29, 1.82) is 5.26 Å². The highest BCUT2D eigenvalue weighted by Crippen LogP contribution is 2.22. The van der Waals surface area contributed by atoms with Crippen LogP contribution in [0.3, 0.4) is 0 Å². The lowest BCUT2D eigenvalue weighted by Gasteiger charge is -1.99. The number of hydrogen-bond donors (Lipinski definition) is 1. The number of nitrogens with one attached hydrogen (secondary N) is 1. The van der Waals surface area contributed by atoms with Crippen LogP contribution in [-0.2, 0) is 0 Å². The predicted molar refractivity (Wildman–Crippen MR) is 78.8 cm³/mol. The number of nitrogens with zero attached hydrogens (tertiary/aromatic N) is 3. The molecule has 6 heteroatoms. The molecule has 0 aliphatic carbocycles. The van der Waals surface area contributed by atoms with Gasteiger partial charge in [0.15, 0.2) is 11.6 Å². The van der Waals surface area contributed by atoms with Gasteiger partial charge in [-0.15, -0.1) is 0 Å². The van der Waals surface area contributed by atoms with Gasteiger partial charge in [0.05, 0.1) is 5.56 Å². The highest BCUT2D eigenvalue weighted by atomic mass is 16.5.